The Morgan fingerprint density at radius 3 is 2.84 bits per heavy atom. The summed E-state index contributed by atoms with van der Waals surface area (Å²) in [6.45, 7) is 8.02. The number of nitrogens with zero attached hydrogens (tertiary/aromatic N) is 1. The first-order chi connectivity index (χ1) is 9.15. The van der Waals surface area contributed by atoms with Crippen molar-refractivity contribution in [2.75, 3.05) is 26.2 Å². The van der Waals surface area contributed by atoms with Crippen molar-refractivity contribution in [2.24, 2.45) is 0 Å². The van der Waals surface area contributed by atoms with Crippen molar-refractivity contribution < 1.29 is 9.84 Å². The third-order valence-corrected chi connectivity index (χ3v) is 3.72. The predicted octanol–water partition coefficient (Wildman–Crippen LogP) is 2.53. The van der Waals surface area contributed by atoms with E-state index in [9.17, 15) is 5.11 Å². The standard InChI is InChI=1S/C16H25NO2/c1-13-4-6-15(7-5-13)16(18)8-10-17-9-3-11-19-14(2)12-17/h4-7,14,16,18H,3,8-12H2,1-2H3. The van der Waals surface area contributed by atoms with Crippen LogP contribution in [0.3, 0.4) is 0 Å². The lowest BCUT2D eigenvalue weighted by molar-refractivity contribution is 0.0644. The Labute approximate surface area is 116 Å². The minimum Gasteiger partial charge on any atom is -0.388 e. The van der Waals surface area contributed by atoms with Gasteiger partial charge in [-0.3, -0.25) is 0 Å². The first kappa shape index (κ1) is 14.5. The van der Waals surface area contributed by atoms with Gasteiger partial charge in [0.05, 0.1) is 12.2 Å². The van der Waals surface area contributed by atoms with E-state index in [1.807, 2.05) is 12.1 Å². The lowest BCUT2D eigenvalue weighted by Gasteiger charge is -2.23. The lowest BCUT2D eigenvalue weighted by Crippen LogP contribution is -2.31. The van der Waals surface area contributed by atoms with Crippen LogP contribution in [0, 0.1) is 6.92 Å². The molecule has 106 valence electrons. The lowest BCUT2D eigenvalue weighted by atomic mass is 10.0. The maximum atomic E-state index is 10.2. The predicted molar refractivity (Wildman–Crippen MR) is 77.2 cm³/mol. The molecule has 19 heavy (non-hydrogen) atoms. The molecule has 1 N–H and O–H groups in total. The average molecular weight is 263 g/mol. The number of hydrogen-bond donors (Lipinski definition) is 1. The van der Waals surface area contributed by atoms with Crippen LogP contribution in [0.1, 0.15) is 37.0 Å². The van der Waals surface area contributed by atoms with E-state index in [1.54, 1.807) is 0 Å². The normalized spacial score (nSPS) is 23.0. The molecule has 2 atom stereocenters. The van der Waals surface area contributed by atoms with E-state index in [4.69, 9.17) is 4.74 Å². The van der Waals surface area contributed by atoms with Gasteiger partial charge in [-0.05, 0) is 32.3 Å². The first-order valence-electron chi connectivity index (χ1n) is 7.24. The van der Waals surface area contributed by atoms with Crippen LogP contribution in [0.5, 0.6) is 0 Å². The molecule has 1 heterocycles. The summed E-state index contributed by atoms with van der Waals surface area (Å²) in [5.41, 5.74) is 2.25. The molecule has 2 rings (SSSR count). The molecule has 1 aromatic carbocycles. The number of ether oxygens (including phenoxy) is 1. The Morgan fingerprint density at radius 1 is 1.37 bits per heavy atom. The van der Waals surface area contributed by atoms with Crippen molar-refractivity contribution in [3.8, 4) is 0 Å². The summed E-state index contributed by atoms with van der Waals surface area (Å²) in [6.07, 6.45) is 1.82. The van der Waals surface area contributed by atoms with E-state index in [0.29, 0.717) is 6.10 Å². The molecule has 0 saturated carbocycles. The van der Waals surface area contributed by atoms with Crippen LogP contribution in [0.15, 0.2) is 24.3 Å². The average Bonchev–Trinajstić information content (AvgIpc) is 2.61. The Balaban J connectivity index is 1.82. The molecule has 0 aromatic heterocycles. The van der Waals surface area contributed by atoms with Gasteiger partial charge in [0.2, 0.25) is 0 Å². The number of aliphatic hydroxyl groups excluding tert-OH is 1. The van der Waals surface area contributed by atoms with Gasteiger partial charge in [-0.15, -0.1) is 0 Å². The maximum Gasteiger partial charge on any atom is 0.0802 e. The highest BCUT2D eigenvalue weighted by Crippen LogP contribution is 2.18. The van der Waals surface area contributed by atoms with Gasteiger partial charge < -0.3 is 14.7 Å². The van der Waals surface area contributed by atoms with Crippen LogP contribution < -0.4 is 0 Å². The fourth-order valence-corrected chi connectivity index (χ4v) is 2.54. The molecular formula is C16H25NO2. The molecule has 1 aromatic rings. The van der Waals surface area contributed by atoms with Crippen molar-refractivity contribution >= 4 is 0 Å². The molecule has 0 bridgehead atoms. The second-order valence-electron chi connectivity index (χ2n) is 5.55. The molecule has 0 amide bonds. The topological polar surface area (TPSA) is 32.7 Å². The van der Waals surface area contributed by atoms with Gasteiger partial charge in [-0.2, -0.15) is 0 Å². The molecule has 1 fully saturated rings. The number of aryl methyl sites for hydroxylation is 1. The van der Waals surface area contributed by atoms with Crippen molar-refractivity contribution in [1.82, 2.24) is 4.90 Å². The zero-order chi connectivity index (χ0) is 13.7. The third kappa shape index (κ3) is 4.60. The largest absolute Gasteiger partial charge is 0.388 e. The smallest absolute Gasteiger partial charge is 0.0802 e. The molecule has 2 unspecified atom stereocenters. The van der Waals surface area contributed by atoms with E-state index in [0.717, 1.165) is 44.6 Å². The minimum absolute atomic E-state index is 0.305. The number of aliphatic hydroxyl groups is 1. The van der Waals surface area contributed by atoms with Crippen molar-refractivity contribution in [3.63, 3.8) is 0 Å². The van der Waals surface area contributed by atoms with Crippen LogP contribution in [0.4, 0.5) is 0 Å². The fourth-order valence-electron chi connectivity index (χ4n) is 2.54. The Kier molecular flexibility index (Phi) is 5.37. The molecule has 0 aliphatic carbocycles. The van der Waals surface area contributed by atoms with Gasteiger partial charge in [-0.1, -0.05) is 29.8 Å². The van der Waals surface area contributed by atoms with Gasteiger partial charge >= 0.3 is 0 Å². The van der Waals surface area contributed by atoms with Gasteiger partial charge in [0, 0.05) is 26.2 Å². The summed E-state index contributed by atoms with van der Waals surface area (Å²) in [5, 5.41) is 10.2. The molecule has 3 nitrogen and oxygen atoms in total. The van der Waals surface area contributed by atoms with E-state index >= 15 is 0 Å². The summed E-state index contributed by atoms with van der Waals surface area (Å²) in [7, 11) is 0. The summed E-state index contributed by atoms with van der Waals surface area (Å²) in [5.74, 6) is 0. The summed E-state index contributed by atoms with van der Waals surface area (Å²) in [4.78, 5) is 2.40. The molecule has 1 saturated heterocycles. The number of hydrogen-bond acceptors (Lipinski definition) is 3. The van der Waals surface area contributed by atoms with Crippen LogP contribution in [0.2, 0.25) is 0 Å². The van der Waals surface area contributed by atoms with E-state index in [-0.39, 0.29) is 6.10 Å². The number of benzene rings is 1. The van der Waals surface area contributed by atoms with Crippen molar-refractivity contribution in [3.05, 3.63) is 35.4 Å². The van der Waals surface area contributed by atoms with Crippen LogP contribution >= 0.6 is 0 Å². The molecule has 3 heteroatoms. The molecule has 0 spiro atoms. The highest BCUT2D eigenvalue weighted by atomic mass is 16.5. The van der Waals surface area contributed by atoms with Crippen molar-refractivity contribution in [2.45, 2.75) is 38.9 Å². The zero-order valence-corrected chi connectivity index (χ0v) is 12.0. The highest BCUT2D eigenvalue weighted by molar-refractivity contribution is 5.22. The Hall–Kier alpha value is -0.900. The van der Waals surface area contributed by atoms with E-state index < -0.39 is 0 Å². The third-order valence-electron chi connectivity index (χ3n) is 3.72. The second kappa shape index (κ2) is 7.04. The zero-order valence-electron chi connectivity index (χ0n) is 12.0. The van der Waals surface area contributed by atoms with Gasteiger partial charge in [0.15, 0.2) is 0 Å². The van der Waals surface area contributed by atoms with Crippen molar-refractivity contribution in [1.29, 1.82) is 0 Å². The van der Waals surface area contributed by atoms with E-state index in [2.05, 4.69) is 30.9 Å². The maximum absolute atomic E-state index is 10.2. The minimum atomic E-state index is -0.361. The SMILES string of the molecule is Cc1ccc(C(O)CCN2CCCOC(C)C2)cc1. The summed E-state index contributed by atoms with van der Waals surface area (Å²) in [6, 6.07) is 8.16. The van der Waals surface area contributed by atoms with Gasteiger partial charge in [0.1, 0.15) is 0 Å². The molecular weight excluding hydrogens is 238 g/mol. The van der Waals surface area contributed by atoms with Gasteiger partial charge in [-0.25, -0.2) is 0 Å². The Morgan fingerprint density at radius 2 is 2.11 bits per heavy atom. The van der Waals surface area contributed by atoms with Crippen LogP contribution in [-0.4, -0.2) is 42.4 Å². The van der Waals surface area contributed by atoms with Gasteiger partial charge in [0.25, 0.3) is 0 Å². The fraction of sp³-hybridized carbons (Fsp3) is 0.625. The van der Waals surface area contributed by atoms with Crippen LogP contribution in [0.25, 0.3) is 0 Å². The first-order valence-corrected chi connectivity index (χ1v) is 7.24. The van der Waals surface area contributed by atoms with Crippen LogP contribution in [-0.2, 0) is 4.74 Å². The number of rotatable bonds is 4. The summed E-state index contributed by atoms with van der Waals surface area (Å²) < 4.78 is 5.63. The Bertz CT molecular complexity index is 377. The second-order valence-corrected chi connectivity index (χ2v) is 5.55. The molecule has 1 aliphatic heterocycles. The highest BCUT2D eigenvalue weighted by Gasteiger charge is 2.16. The molecule has 0 radical (unpaired) electrons. The monoisotopic (exact) mass is 263 g/mol. The quantitative estimate of drug-likeness (QED) is 0.906. The molecule has 1 aliphatic rings. The van der Waals surface area contributed by atoms with E-state index in [1.165, 1.54) is 5.56 Å². The summed E-state index contributed by atoms with van der Waals surface area (Å²) >= 11 is 0.